The summed E-state index contributed by atoms with van der Waals surface area (Å²) < 4.78 is 0. The SMILES string of the molecule is CCCCC/C=C\CC(O)C(C/C=C\C=C/CCCCCCC=O)[N+](=O)[O-]. The molecule has 5 nitrogen and oxygen atoms in total. The highest BCUT2D eigenvalue weighted by Gasteiger charge is 2.27. The van der Waals surface area contributed by atoms with Gasteiger partial charge >= 0.3 is 0 Å². The van der Waals surface area contributed by atoms with Gasteiger partial charge < -0.3 is 9.90 Å². The first-order valence-corrected chi connectivity index (χ1v) is 10.3. The number of hydrogen-bond donors (Lipinski definition) is 1. The van der Waals surface area contributed by atoms with Crippen LogP contribution in [-0.2, 0) is 4.79 Å². The molecule has 154 valence electrons. The van der Waals surface area contributed by atoms with Gasteiger partial charge in [0.05, 0.1) is 0 Å². The van der Waals surface area contributed by atoms with Gasteiger partial charge in [-0.1, -0.05) is 69.1 Å². The van der Waals surface area contributed by atoms with Gasteiger partial charge in [-0.3, -0.25) is 10.1 Å². The first-order valence-electron chi connectivity index (χ1n) is 10.3. The zero-order chi connectivity index (χ0) is 20.2. The molecule has 0 aromatic carbocycles. The molecule has 0 spiro atoms. The molecule has 0 aliphatic carbocycles. The smallest absolute Gasteiger partial charge is 0.242 e. The summed E-state index contributed by atoms with van der Waals surface area (Å²) in [7, 11) is 0. The Morgan fingerprint density at radius 1 is 0.852 bits per heavy atom. The standard InChI is InChI=1S/C22H37NO4/c1-2-3-4-5-13-16-19-22(25)21(23(26)27)18-15-12-10-8-6-7-9-11-14-17-20-24/h8,10,12-13,15-16,20-22,25H,2-7,9,11,14,17-19H2,1H3/b10-8-,15-12-,16-13-. The summed E-state index contributed by atoms with van der Waals surface area (Å²) in [6.45, 7) is 2.15. The van der Waals surface area contributed by atoms with E-state index in [1.165, 1.54) is 12.8 Å². The minimum atomic E-state index is -0.965. The van der Waals surface area contributed by atoms with Gasteiger partial charge in [-0.25, -0.2) is 0 Å². The Balaban J connectivity index is 4.01. The normalized spacial score (nSPS) is 14.3. The number of unbranched alkanes of at least 4 members (excludes halogenated alkanes) is 8. The Labute approximate surface area is 164 Å². The molecule has 0 aromatic heterocycles. The van der Waals surface area contributed by atoms with Gasteiger partial charge in [-0.2, -0.15) is 0 Å². The number of aliphatic hydroxyl groups is 1. The molecular formula is C22H37NO4. The lowest BCUT2D eigenvalue weighted by molar-refractivity contribution is -0.533. The average molecular weight is 380 g/mol. The molecule has 2 unspecified atom stereocenters. The Kier molecular flexibility index (Phi) is 17.8. The first kappa shape index (κ1) is 25.2. The molecule has 0 aromatic rings. The van der Waals surface area contributed by atoms with Crippen LogP contribution < -0.4 is 0 Å². The van der Waals surface area contributed by atoms with E-state index < -0.39 is 12.1 Å². The molecule has 27 heavy (non-hydrogen) atoms. The highest BCUT2D eigenvalue weighted by molar-refractivity contribution is 5.48. The maximum Gasteiger partial charge on any atom is 0.242 e. The summed E-state index contributed by atoms with van der Waals surface area (Å²) in [4.78, 5) is 21.0. The lowest BCUT2D eigenvalue weighted by Gasteiger charge is -2.12. The number of hydrogen-bond acceptors (Lipinski definition) is 4. The maximum absolute atomic E-state index is 11.2. The summed E-state index contributed by atoms with van der Waals surface area (Å²) in [5.74, 6) is 0. The molecule has 0 saturated carbocycles. The number of nitro groups is 1. The summed E-state index contributed by atoms with van der Waals surface area (Å²) in [5.41, 5.74) is 0. The van der Waals surface area contributed by atoms with Crippen molar-refractivity contribution in [1.82, 2.24) is 0 Å². The van der Waals surface area contributed by atoms with Crippen LogP contribution in [0.25, 0.3) is 0 Å². The van der Waals surface area contributed by atoms with Crippen molar-refractivity contribution in [2.24, 2.45) is 0 Å². The minimum Gasteiger partial charge on any atom is -0.386 e. The van der Waals surface area contributed by atoms with Crippen LogP contribution in [0.1, 0.15) is 84.0 Å². The van der Waals surface area contributed by atoms with E-state index in [0.717, 1.165) is 51.2 Å². The second kappa shape index (κ2) is 19.0. The van der Waals surface area contributed by atoms with Gasteiger partial charge in [0, 0.05) is 17.8 Å². The topological polar surface area (TPSA) is 80.4 Å². The number of carbonyl (C=O) groups is 1. The van der Waals surface area contributed by atoms with Crippen molar-refractivity contribution in [2.45, 2.75) is 96.1 Å². The highest BCUT2D eigenvalue weighted by atomic mass is 16.6. The van der Waals surface area contributed by atoms with Crippen molar-refractivity contribution in [3.05, 3.63) is 46.6 Å². The van der Waals surface area contributed by atoms with E-state index >= 15 is 0 Å². The van der Waals surface area contributed by atoms with Crippen LogP contribution in [0.3, 0.4) is 0 Å². The van der Waals surface area contributed by atoms with E-state index in [1.54, 1.807) is 6.08 Å². The third kappa shape index (κ3) is 16.2. The second-order valence-electron chi connectivity index (χ2n) is 6.87. The Bertz CT molecular complexity index is 457. The van der Waals surface area contributed by atoms with Gasteiger partial charge in [0.1, 0.15) is 12.4 Å². The molecule has 1 N–H and O–H groups in total. The molecule has 2 atom stereocenters. The predicted molar refractivity (Wildman–Crippen MR) is 111 cm³/mol. The average Bonchev–Trinajstić information content (AvgIpc) is 2.65. The maximum atomic E-state index is 11.2. The fraction of sp³-hybridized carbons (Fsp3) is 0.682. The molecule has 5 heteroatoms. The van der Waals surface area contributed by atoms with Gasteiger partial charge in [-0.05, 0) is 38.5 Å². The Hall–Kier alpha value is -1.75. The third-order valence-corrected chi connectivity index (χ3v) is 4.44. The zero-order valence-corrected chi connectivity index (χ0v) is 16.8. The molecule has 0 bridgehead atoms. The Morgan fingerprint density at radius 3 is 2.15 bits per heavy atom. The minimum absolute atomic E-state index is 0.230. The van der Waals surface area contributed by atoms with Crippen molar-refractivity contribution < 1.29 is 14.8 Å². The van der Waals surface area contributed by atoms with E-state index in [0.29, 0.717) is 12.8 Å². The van der Waals surface area contributed by atoms with Gasteiger partial charge in [0.2, 0.25) is 6.04 Å². The van der Waals surface area contributed by atoms with Crippen LogP contribution in [0.15, 0.2) is 36.5 Å². The lowest BCUT2D eigenvalue weighted by atomic mass is 10.0. The number of carbonyl (C=O) groups excluding carboxylic acids is 1. The highest BCUT2D eigenvalue weighted by Crippen LogP contribution is 2.10. The van der Waals surface area contributed by atoms with Crippen molar-refractivity contribution in [1.29, 1.82) is 0 Å². The van der Waals surface area contributed by atoms with Crippen LogP contribution in [0.4, 0.5) is 0 Å². The number of nitrogens with zero attached hydrogens (tertiary/aromatic N) is 1. The molecular weight excluding hydrogens is 342 g/mol. The number of aldehydes is 1. The van der Waals surface area contributed by atoms with Crippen molar-refractivity contribution in [3.63, 3.8) is 0 Å². The van der Waals surface area contributed by atoms with Crippen LogP contribution in [0.2, 0.25) is 0 Å². The number of aliphatic hydroxyl groups excluding tert-OH is 1. The zero-order valence-electron chi connectivity index (χ0n) is 16.8. The Morgan fingerprint density at radius 2 is 1.48 bits per heavy atom. The fourth-order valence-corrected chi connectivity index (χ4v) is 2.72. The van der Waals surface area contributed by atoms with Gasteiger partial charge in [-0.15, -0.1) is 0 Å². The van der Waals surface area contributed by atoms with Crippen LogP contribution in [-0.4, -0.2) is 28.5 Å². The second-order valence-corrected chi connectivity index (χ2v) is 6.87. The molecule has 0 rings (SSSR count). The molecule has 0 saturated heterocycles. The van der Waals surface area contributed by atoms with E-state index in [9.17, 15) is 20.0 Å². The summed E-state index contributed by atoms with van der Waals surface area (Å²) in [5, 5.41) is 21.3. The summed E-state index contributed by atoms with van der Waals surface area (Å²) in [6.07, 6.45) is 22.2. The molecule has 0 radical (unpaired) electrons. The molecule has 0 fully saturated rings. The predicted octanol–water partition coefficient (Wildman–Crippen LogP) is 5.56. The molecule has 0 amide bonds. The van der Waals surface area contributed by atoms with Crippen LogP contribution in [0.5, 0.6) is 0 Å². The van der Waals surface area contributed by atoms with E-state index in [4.69, 9.17) is 0 Å². The lowest BCUT2D eigenvalue weighted by Crippen LogP contribution is -2.32. The number of rotatable bonds is 18. The van der Waals surface area contributed by atoms with Crippen molar-refractivity contribution in [2.75, 3.05) is 0 Å². The first-order chi connectivity index (χ1) is 13.1. The monoisotopic (exact) mass is 379 g/mol. The van der Waals surface area contributed by atoms with Crippen LogP contribution in [0, 0.1) is 10.1 Å². The third-order valence-electron chi connectivity index (χ3n) is 4.44. The molecule has 0 heterocycles. The fourth-order valence-electron chi connectivity index (χ4n) is 2.72. The van der Waals surface area contributed by atoms with E-state index in [-0.39, 0.29) is 11.3 Å². The summed E-state index contributed by atoms with van der Waals surface area (Å²) >= 11 is 0. The molecule has 0 aliphatic rings. The van der Waals surface area contributed by atoms with E-state index in [2.05, 4.69) is 6.92 Å². The molecule has 0 aliphatic heterocycles. The van der Waals surface area contributed by atoms with Gasteiger partial charge in [0.15, 0.2) is 0 Å². The van der Waals surface area contributed by atoms with Crippen molar-refractivity contribution in [3.8, 4) is 0 Å². The summed E-state index contributed by atoms with van der Waals surface area (Å²) in [6, 6.07) is -0.965. The largest absolute Gasteiger partial charge is 0.386 e. The van der Waals surface area contributed by atoms with E-state index in [1.807, 2.05) is 30.4 Å². The number of allylic oxidation sites excluding steroid dienone is 4. The van der Waals surface area contributed by atoms with Crippen molar-refractivity contribution >= 4 is 6.29 Å². The van der Waals surface area contributed by atoms with Crippen LogP contribution >= 0.6 is 0 Å². The quantitative estimate of drug-likeness (QED) is 0.0844. The van der Waals surface area contributed by atoms with Gasteiger partial charge in [0.25, 0.3) is 0 Å².